The van der Waals surface area contributed by atoms with Gasteiger partial charge in [0.25, 0.3) is 0 Å². The van der Waals surface area contributed by atoms with E-state index < -0.39 is 5.60 Å². The van der Waals surface area contributed by atoms with Gasteiger partial charge in [-0.05, 0) is 42.7 Å². The minimum Gasteiger partial charge on any atom is -0.367 e. The fraction of sp³-hybridized carbons (Fsp3) is 0.312. The van der Waals surface area contributed by atoms with Crippen LogP contribution in [0.15, 0.2) is 40.9 Å². The number of halogens is 1. The first-order chi connectivity index (χ1) is 9.12. The van der Waals surface area contributed by atoms with E-state index in [1.165, 1.54) is 0 Å². The number of hydrogen-bond acceptors (Lipinski definition) is 2. The van der Waals surface area contributed by atoms with E-state index in [4.69, 9.17) is 4.74 Å². The van der Waals surface area contributed by atoms with Gasteiger partial charge in [-0.2, -0.15) is 0 Å². The van der Waals surface area contributed by atoms with Crippen LogP contribution in [-0.4, -0.2) is 18.0 Å². The van der Waals surface area contributed by atoms with E-state index in [9.17, 15) is 4.79 Å². The average Bonchev–Trinajstić information content (AvgIpc) is 2.87. The smallest absolute Gasteiger partial charge is 0.194 e. The monoisotopic (exact) mass is 318 g/mol. The number of ether oxygens (including phenoxy) is 1. The van der Waals surface area contributed by atoms with E-state index in [1.54, 1.807) is 0 Å². The summed E-state index contributed by atoms with van der Waals surface area (Å²) in [7, 11) is 0. The van der Waals surface area contributed by atoms with Crippen LogP contribution in [-0.2, 0) is 4.74 Å². The number of carbonyl (C=O) groups is 1. The van der Waals surface area contributed by atoms with Crippen LogP contribution >= 0.6 is 15.9 Å². The van der Waals surface area contributed by atoms with Crippen LogP contribution in [0.25, 0.3) is 10.8 Å². The maximum absolute atomic E-state index is 12.8. The number of fused-ring (bicyclic) bond motifs is 1. The Hall–Kier alpha value is -1.19. The van der Waals surface area contributed by atoms with Crippen molar-refractivity contribution in [3.05, 3.63) is 46.4 Å². The molecule has 1 aliphatic heterocycles. The summed E-state index contributed by atoms with van der Waals surface area (Å²) in [6.45, 7) is 2.58. The Morgan fingerprint density at radius 2 is 1.95 bits per heavy atom. The molecule has 1 unspecified atom stereocenters. The number of ketones is 1. The molecular weight excluding hydrogens is 304 g/mol. The lowest BCUT2D eigenvalue weighted by Gasteiger charge is -2.22. The van der Waals surface area contributed by atoms with Crippen LogP contribution in [0.1, 0.15) is 30.1 Å². The van der Waals surface area contributed by atoms with E-state index in [2.05, 4.69) is 15.9 Å². The highest BCUT2D eigenvalue weighted by Crippen LogP contribution is 2.33. The molecule has 3 rings (SSSR count). The Morgan fingerprint density at radius 3 is 2.63 bits per heavy atom. The normalized spacial score (nSPS) is 22.8. The summed E-state index contributed by atoms with van der Waals surface area (Å²) in [5.41, 5.74) is 0.0968. The summed E-state index contributed by atoms with van der Waals surface area (Å²) < 4.78 is 6.69. The lowest BCUT2D eigenvalue weighted by molar-refractivity contribution is 0.0215. The van der Waals surface area contributed by atoms with E-state index in [0.29, 0.717) is 6.61 Å². The van der Waals surface area contributed by atoms with Gasteiger partial charge in [0.1, 0.15) is 5.60 Å². The Labute approximate surface area is 120 Å². The van der Waals surface area contributed by atoms with Gasteiger partial charge in [0.2, 0.25) is 0 Å². The first kappa shape index (κ1) is 12.8. The molecule has 19 heavy (non-hydrogen) atoms. The Balaban J connectivity index is 2.15. The fourth-order valence-electron chi connectivity index (χ4n) is 2.70. The second-order valence-electron chi connectivity index (χ2n) is 5.15. The topological polar surface area (TPSA) is 26.3 Å². The van der Waals surface area contributed by atoms with Gasteiger partial charge in [-0.3, -0.25) is 4.79 Å². The molecule has 0 spiro atoms. The van der Waals surface area contributed by atoms with Gasteiger partial charge in [0.05, 0.1) is 0 Å². The van der Waals surface area contributed by atoms with E-state index >= 15 is 0 Å². The molecule has 98 valence electrons. The van der Waals surface area contributed by atoms with Crippen molar-refractivity contribution in [3.8, 4) is 0 Å². The summed E-state index contributed by atoms with van der Waals surface area (Å²) in [5, 5.41) is 2.05. The van der Waals surface area contributed by atoms with Crippen LogP contribution in [0.2, 0.25) is 0 Å². The third kappa shape index (κ3) is 2.11. The zero-order chi connectivity index (χ0) is 13.5. The maximum Gasteiger partial charge on any atom is 0.194 e. The minimum atomic E-state index is -0.656. The molecule has 2 aromatic rings. The summed E-state index contributed by atoms with van der Waals surface area (Å²) in [6.07, 6.45) is 1.76. The molecule has 0 radical (unpaired) electrons. The molecule has 2 aromatic carbocycles. The Kier molecular flexibility index (Phi) is 3.19. The van der Waals surface area contributed by atoms with Crippen molar-refractivity contribution in [1.29, 1.82) is 0 Å². The Bertz CT molecular complexity index is 642. The quantitative estimate of drug-likeness (QED) is 0.769. The second kappa shape index (κ2) is 4.73. The third-order valence-corrected chi connectivity index (χ3v) is 4.51. The molecule has 1 fully saturated rings. The summed E-state index contributed by atoms with van der Waals surface area (Å²) in [6, 6.07) is 11.8. The molecule has 3 heteroatoms. The molecule has 0 aliphatic carbocycles. The molecule has 0 amide bonds. The van der Waals surface area contributed by atoms with Gasteiger partial charge < -0.3 is 4.74 Å². The van der Waals surface area contributed by atoms with Crippen molar-refractivity contribution >= 4 is 32.5 Å². The van der Waals surface area contributed by atoms with Gasteiger partial charge in [-0.1, -0.05) is 40.2 Å². The van der Waals surface area contributed by atoms with E-state index in [0.717, 1.165) is 33.7 Å². The molecule has 0 bridgehead atoms. The molecule has 0 N–H and O–H groups in total. The first-order valence-electron chi connectivity index (χ1n) is 6.48. The third-order valence-electron chi connectivity index (χ3n) is 3.81. The lowest BCUT2D eigenvalue weighted by Crippen LogP contribution is -2.34. The molecular formula is C16H15BrO2. The zero-order valence-corrected chi connectivity index (χ0v) is 12.4. The van der Waals surface area contributed by atoms with Gasteiger partial charge in [0, 0.05) is 16.6 Å². The molecule has 1 saturated heterocycles. The van der Waals surface area contributed by atoms with Crippen LogP contribution in [0.5, 0.6) is 0 Å². The highest BCUT2D eigenvalue weighted by molar-refractivity contribution is 9.10. The summed E-state index contributed by atoms with van der Waals surface area (Å²) in [4.78, 5) is 12.8. The Morgan fingerprint density at radius 1 is 1.21 bits per heavy atom. The van der Waals surface area contributed by atoms with Crippen LogP contribution in [0.3, 0.4) is 0 Å². The van der Waals surface area contributed by atoms with Crippen molar-refractivity contribution in [2.75, 3.05) is 6.61 Å². The van der Waals surface area contributed by atoms with Gasteiger partial charge in [-0.25, -0.2) is 0 Å². The van der Waals surface area contributed by atoms with Crippen molar-refractivity contribution < 1.29 is 9.53 Å². The highest BCUT2D eigenvalue weighted by Gasteiger charge is 2.38. The first-order valence-corrected chi connectivity index (χ1v) is 7.27. The van der Waals surface area contributed by atoms with Crippen molar-refractivity contribution in [3.63, 3.8) is 0 Å². The highest BCUT2D eigenvalue weighted by atomic mass is 79.9. The molecule has 1 heterocycles. The fourth-order valence-corrected chi connectivity index (χ4v) is 3.18. The predicted molar refractivity (Wildman–Crippen MR) is 79.6 cm³/mol. The SMILES string of the molecule is CC1(C(=O)c2ccc(Br)c3ccccc23)CCCO1. The van der Waals surface area contributed by atoms with Crippen molar-refractivity contribution in [2.24, 2.45) is 0 Å². The number of benzene rings is 2. The zero-order valence-electron chi connectivity index (χ0n) is 10.8. The van der Waals surface area contributed by atoms with Crippen LogP contribution in [0.4, 0.5) is 0 Å². The number of Topliss-reactive ketones (excluding diaryl/α,β-unsaturated/α-hetero) is 1. The van der Waals surface area contributed by atoms with Crippen molar-refractivity contribution in [1.82, 2.24) is 0 Å². The molecule has 0 aromatic heterocycles. The van der Waals surface area contributed by atoms with Crippen molar-refractivity contribution in [2.45, 2.75) is 25.4 Å². The van der Waals surface area contributed by atoms with Gasteiger partial charge in [-0.15, -0.1) is 0 Å². The number of rotatable bonds is 2. The van der Waals surface area contributed by atoms with Crippen LogP contribution < -0.4 is 0 Å². The number of carbonyl (C=O) groups excluding carboxylic acids is 1. The largest absolute Gasteiger partial charge is 0.367 e. The molecule has 1 aliphatic rings. The number of hydrogen-bond donors (Lipinski definition) is 0. The summed E-state index contributed by atoms with van der Waals surface area (Å²) >= 11 is 3.53. The summed E-state index contributed by atoms with van der Waals surface area (Å²) in [5.74, 6) is 0.0914. The van der Waals surface area contributed by atoms with Crippen LogP contribution in [0, 0.1) is 0 Å². The maximum atomic E-state index is 12.8. The molecule has 1 atom stereocenters. The average molecular weight is 319 g/mol. The van der Waals surface area contributed by atoms with Gasteiger partial charge in [0.15, 0.2) is 5.78 Å². The van der Waals surface area contributed by atoms with E-state index in [-0.39, 0.29) is 5.78 Å². The standard InChI is InChI=1S/C16H15BrO2/c1-16(9-4-10-19-16)15(18)13-7-8-14(17)12-6-3-2-5-11(12)13/h2-3,5-8H,4,9-10H2,1H3. The van der Waals surface area contributed by atoms with E-state index in [1.807, 2.05) is 43.3 Å². The van der Waals surface area contributed by atoms with Gasteiger partial charge >= 0.3 is 0 Å². The second-order valence-corrected chi connectivity index (χ2v) is 6.01. The predicted octanol–water partition coefficient (Wildman–Crippen LogP) is 4.35. The molecule has 2 nitrogen and oxygen atoms in total. The lowest BCUT2D eigenvalue weighted by atomic mass is 9.89. The minimum absolute atomic E-state index is 0.0914. The molecule has 0 saturated carbocycles.